The van der Waals surface area contributed by atoms with Crippen LogP contribution in [0.4, 0.5) is 0 Å². The quantitative estimate of drug-likeness (QED) is 0.293. The number of hydrogen-bond acceptors (Lipinski definition) is 7. The van der Waals surface area contributed by atoms with Crippen molar-refractivity contribution < 1.29 is 19.4 Å². The number of nitrogens with zero attached hydrogens (tertiary/aromatic N) is 4. The number of ether oxygens (including phenoxy) is 2. The van der Waals surface area contributed by atoms with Crippen LogP contribution in [-0.2, 0) is 11.8 Å². The van der Waals surface area contributed by atoms with Crippen LogP contribution in [0.5, 0.6) is 11.5 Å². The first-order valence-corrected chi connectivity index (χ1v) is 11.9. The van der Waals surface area contributed by atoms with Crippen molar-refractivity contribution >= 4 is 39.9 Å². The molecule has 5 rings (SSSR count). The first kappa shape index (κ1) is 22.9. The molecular formula is C25H21ClN4O4S. The molecule has 8 nitrogen and oxygen atoms in total. The number of phenols is 1. The van der Waals surface area contributed by atoms with Gasteiger partial charge >= 0.3 is 5.97 Å². The highest BCUT2D eigenvalue weighted by molar-refractivity contribution is 7.16. The standard InChI is InChI=1S/C25H21ClN4O4S/c1-14(17-5-4-6-20(31)23(17)26)34-21-10-22(35-24(21)25(32)33-3)30-13-27-18-9-15(7-8-19(18)30)16-11-28-29(2)12-16/h4-14,31H,1-3H3/t14-/m1/s1. The largest absolute Gasteiger partial charge is 0.506 e. The Bertz CT molecular complexity index is 1550. The Labute approximate surface area is 209 Å². The minimum atomic E-state index is -0.526. The number of phenolic OH excluding ortho intramolecular Hbond substituents is 1. The monoisotopic (exact) mass is 508 g/mol. The Morgan fingerprint density at radius 2 is 2.03 bits per heavy atom. The molecule has 35 heavy (non-hydrogen) atoms. The average molecular weight is 509 g/mol. The lowest BCUT2D eigenvalue weighted by Gasteiger charge is -2.16. The molecule has 3 heterocycles. The molecular weight excluding hydrogens is 488 g/mol. The van der Waals surface area contributed by atoms with E-state index < -0.39 is 12.1 Å². The van der Waals surface area contributed by atoms with Crippen molar-refractivity contribution in [3.8, 4) is 27.6 Å². The molecule has 5 aromatic rings. The number of aromatic nitrogens is 4. The lowest BCUT2D eigenvalue weighted by Crippen LogP contribution is -2.07. The summed E-state index contributed by atoms with van der Waals surface area (Å²) in [7, 11) is 3.20. The fraction of sp³-hybridized carbons (Fsp3) is 0.160. The number of methoxy groups -OCH3 is 1. The molecule has 0 saturated heterocycles. The van der Waals surface area contributed by atoms with Crippen molar-refractivity contribution in [3.05, 3.63) is 76.6 Å². The third kappa shape index (κ3) is 4.24. The van der Waals surface area contributed by atoms with E-state index in [4.69, 9.17) is 21.1 Å². The molecule has 0 amide bonds. The molecule has 1 atom stereocenters. The number of imidazole rings is 1. The van der Waals surface area contributed by atoms with Crippen LogP contribution < -0.4 is 4.74 Å². The summed E-state index contributed by atoms with van der Waals surface area (Å²) in [5.41, 5.74) is 4.31. The number of rotatable bonds is 6. The Hall–Kier alpha value is -3.82. The lowest BCUT2D eigenvalue weighted by atomic mass is 10.1. The first-order valence-electron chi connectivity index (χ1n) is 10.7. The van der Waals surface area contributed by atoms with E-state index in [1.165, 1.54) is 24.5 Å². The maximum absolute atomic E-state index is 12.5. The summed E-state index contributed by atoms with van der Waals surface area (Å²) in [5, 5.41) is 15.1. The van der Waals surface area contributed by atoms with E-state index in [-0.39, 0.29) is 10.8 Å². The van der Waals surface area contributed by atoms with Crippen LogP contribution in [0, 0.1) is 0 Å². The van der Waals surface area contributed by atoms with Crippen LogP contribution in [-0.4, -0.2) is 37.5 Å². The highest BCUT2D eigenvalue weighted by Gasteiger charge is 2.23. The summed E-state index contributed by atoms with van der Waals surface area (Å²) in [6.07, 6.45) is 4.94. The summed E-state index contributed by atoms with van der Waals surface area (Å²) in [4.78, 5) is 17.4. The molecule has 2 aromatic carbocycles. The van der Waals surface area contributed by atoms with E-state index in [9.17, 15) is 9.90 Å². The van der Waals surface area contributed by atoms with Crippen LogP contribution in [0.2, 0.25) is 5.02 Å². The van der Waals surface area contributed by atoms with Gasteiger partial charge in [-0.15, -0.1) is 11.3 Å². The van der Waals surface area contributed by atoms with Gasteiger partial charge in [-0.05, 0) is 30.7 Å². The van der Waals surface area contributed by atoms with Gasteiger partial charge in [-0.1, -0.05) is 29.8 Å². The van der Waals surface area contributed by atoms with E-state index >= 15 is 0 Å². The summed E-state index contributed by atoms with van der Waals surface area (Å²) in [6.45, 7) is 1.80. The number of aromatic hydroxyl groups is 1. The zero-order chi connectivity index (χ0) is 24.7. The molecule has 0 aliphatic heterocycles. The third-order valence-electron chi connectivity index (χ3n) is 5.63. The molecule has 178 valence electrons. The molecule has 0 radical (unpaired) electrons. The summed E-state index contributed by atoms with van der Waals surface area (Å²) in [6, 6.07) is 12.7. The molecule has 0 saturated carbocycles. The maximum Gasteiger partial charge on any atom is 0.351 e. The van der Waals surface area contributed by atoms with Gasteiger partial charge in [0.2, 0.25) is 0 Å². The zero-order valence-electron chi connectivity index (χ0n) is 19.1. The van der Waals surface area contributed by atoms with Gasteiger partial charge < -0.3 is 14.6 Å². The molecule has 0 aliphatic carbocycles. The van der Waals surface area contributed by atoms with Crippen LogP contribution in [0.1, 0.15) is 28.3 Å². The van der Waals surface area contributed by atoms with Crippen molar-refractivity contribution in [1.29, 1.82) is 0 Å². The van der Waals surface area contributed by atoms with Crippen molar-refractivity contribution in [2.45, 2.75) is 13.0 Å². The van der Waals surface area contributed by atoms with Gasteiger partial charge in [0.05, 0.1) is 29.4 Å². The van der Waals surface area contributed by atoms with E-state index in [0.29, 0.717) is 16.2 Å². The number of esters is 1. The fourth-order valence-electron chi connectivity index (χ4n) is 3.85. The number of hydrogen-bond donors (Lipinski definition) is 1. The van der Waals surface area contributed by atoms with Crippen molar-refractivity contribution in [2.24, 2.45) is 7.05 Å². The number of carbonyl (C=O) groups excluding carboxylic acids is 1. The topological polar surface area (TPSA) is 91.4 Å². The minimum Gasteiger partial charge on any atom is -0.506 e. The second kappa shape index (κ2) is 9.09. The Balaban J connectivity index is 1.52. The average Bonchev–Trinajstić information content (AvgIpc) is 3.58. The number of aryl methyl sites for hydroxylation is 1. The Morgan fingerprint density at radius 1 is 1.20 bits per heavy atom. The van der Waals surface area contributed by atoms with Crippen molar-refractivity contribution in [1.82, 2.24) is 19.3 Å². The number of carbonyl (C=O) groups is 1. The summed E-state index contributed by atoms with van der Waals surface area (Å²) < 4.78 is 14.8. The maximum atomic E-state index is 12.5. The van der Waals surface area contributed by atoms with Crippen LogP contribution in [0.25, 0.3) is 27.2 Å². The van der Waals surface area contributed by atoms with Gasteiger partial charge in [0.1, 0.15) is 28.9 Å². The van der Waals surface area contributed by atoms with Crippen molar-refractivity contribution in [2.75, 3.05) is 7.11 Å². The molecule has 10 heteroatoms. The van der Waals surface area contributed by atoms with Gasteiger partial charge in [0.25, 0.3) is 0 Å². The van der Waals surface area contributed by atoms with Gasteiger partial charge in [-0.2, -0.15) is 5.10 Å². The van der Waals surface area contributed by atoms with Gasteiger partial charge in [0.15, 0.2) is 4.88 Å². The first-order chi connectivity index (χ1) is 16.9. The normalized spacial score (nSPS) is 12.1. The van der Waals surface area contributed by atoms with E-state index in [2.05, 4.69) is 10.1 Å². The van der Waals surface area contributed by atoms with Gasteiger partial charge in [0, 0.05) is 30.4 Å². The molecule has 0 bridgehead atoms. The molecule has 0 fully saturated rings. The van der Waals surface area contributed by atoms with E-state index in [1.54, 1.807) is 36.1 Å². The van der Waals surface area contributed by atoms with E-state index in [1.807, 2.05) is 42.2 Å². The molecule has 3 aromatic heterocycles. The zero-order valence-corrected chi connectivity index (χ0v) is 20.7. The Morgan fingerprint density at radius 3 is 2.77 bits per heavy atom. The summed E-state index contributed by atoms with van der Waals surface area (Å²) in [5.74, 6) is -0.180. The second-order valence-electron chi connectivity index (χ2n) is 7.93. The smallest absolute Gasteiger partial charge is 0.351 e. The van der Waals surface area contributed by atoms with Gasteiger partial charge in [-0.3, -0.25) is 9.25 Å². The van der Waals surface area contributed by atoms with Crippen LogP contribution in [0.15, 0.2) is 61.2 Å². The van der Waals surface area contributed by atoms with Crippen LogP contribution >= 0.6 is 22.9 Å². The SMILES string of the molecule is COC(=O)c1sc(-n2cnc3cc(-c4cnn(C)c4)ccc32)cc1O[C@H](C)c1cccc(O)c1Cl. The molecule has 1 N–H and O–H groups in total. The minimum absolute atomic E-state index is 0.0330. The highest BCUT2D eigenvalue weighted by Crippen LogP contribution is 2.39. The third-order valence-corrected chi connectivity index (χ3v) is 7.14. The van der Waals surface area contributed by atoms with Gasteiger partial charge in [-0.25, -0.2) is 9.78 Å². The van der Waals surface area contributed by atoms with E-state index in [0.717, 1.165) is 27.2 Å². The predicted octanol–water partition coefficient (Wildman–Crippen LogP) is 5.77. The fourth-order valence-corrected chi connectivity index (χ4v) is 5.12. The summed E-state index contributed by atoms with van der Waals surface area (Å²) >= 11 is 7.50. The van der Waals surface area contributed by atoms with Crippen molar-refractivity contribution in [3.63, 3.8) is 0 Å². The molecule has 0 spiro atoms. The number of thiophene rings is 1. The Kier molecular flexibility index (Phi) is 5.96. The van der Waals surface area contributed by atoms with Crippen LogP contribution in [0.3, 0.4) is 0 Å². The second-order valence-corrected chi connectivity index (χ2v) is 9.34. The highest BCUT2D eigenvalue weighted by atomic mass is 35.5. The number of benzene rings is 2. The molecule has 0 aliphatic rings. The number of halogens is 1. The number of fused-ring (bicyclic) bond motifs is 1. The molecule has 0 unspecified atom stereocenters. The lowest BCUT2D eigenvalue weighted by molar-refractivity contribution is 0.0600. The predicted molar refractivity (Wildman–Crippen MR) is 135 cm³/mol.